The maximum absolute atomic E-state index is 11.7. The molecule has 2 rings (SSSR count). The molecule has 0 saturated carbocycles. The van der Waals surface area contributed by atoms with Crippen LogP contribution in [0.2, 0.25) is 0 Å². The van der Waals surface area contributed by atoms with Crippen molar-refractivity contribution in [3.8, 4) is 5.75 Å². The average molecular weight is 232 g/mol. The van der Waals surface area contributed by atoms with Gasteiger partial charge in [-0.3, -0.25) is 9.59 Å². The second kappa shape index (κ2) is 4.05. The third-order valence-corrected chi connectivity index (χ3v) is 2.68. The van der Waals surface area contributed by atoms with Gasteiger partial charge >= 0.3 is 0 Å². The van der Waals surface area contributed by atoms with Gasteiger partial charge in [-0.15, -0.1) is 0 Å². The number of para-hydroxylation sites is 1. The topological polar surface area (TPSA) is 63.6 Å². The van der Waals surface area contributed by atoms with Crippen LogP contribution in [0.4, 0.5) is 0 Å². The molecule has 1 aliphatic heterocycles. The predicted molar refractivity (Wildman–Crippen MR) is 61.9 cm³/mol. The minimum absolute atomic E-state index is 0.186. The zero-order valence-electron chi connectivity index (χ0n) is 9.61. The summed E-state index contributed by atoms with van der Waals surface area (Å²) in [6, 6.07) is 5.18. The molecule has 0 aromatic heterocycles. The number of hydrogen-bond donors (Lipinski definition) is 1. The standard InChI is InChI=1S/C13H12O4/c1-7-4-3-5-9-12(16)11(8(2)14)10(15)6-17-13(7)9/h3-5,16H,6H2,1-2H3. The number of aryl methyl sites for hydroxylation is 1. The number of ether oxygens (including phenoxy) is 1. The van der Waals surface area contributed by atoms with Crippen molar-refractivity contribution in [1.82, 2.24) is 0 Å². The highest BCUT2D eigenvalue weighted by Gasteiger charge is 2.27. The maximum Gasteiger partial charge on any atom is 0.207 e. The Kier molecular flexibility index (Phi) is 2.71. The lowest BCUT2D eigenvalue weighted by Gasteiger charge is -2.09. The summed E-state index contributed by atoms with van der Waals surface area (Å²) in [5.41, 5.74) is 1.02. The van der Waals surface area contributed by atoms with Gasteiger partial charge in [-0.25, -0.2) is 0 Å². The van der Waals surface area contributed by atoms with Crippen LogP contribution in [-0.4, -0.2) is 23.3 Å². The minimum Gasteiger partial charge on any atom is -0.506 e. The first-order valence-electron chi connectivity index (χ1n) is 5.22. The van der Waals surface area contributed by atoms with Gasteiger partial charge in [-0.2, -0.15) is 0 Å². The van der Waals surface area contributed by atoms with E-state index in [1.54, 1.807) is 12.1 Å². The third kappa shape index (κ3) is 1.82. The summed E-state index contributed by atoms with van der Waals surface area (Å²) in [4.78, 5) is 23.1. The quantitative estimate of drug-likeness (QED) is 0.750. The van der Waals surface area contributed by atoms with Crippen molar-refractivity contribution >= 4 is 17.3 Å². The summed E-state index contributed by atoms with van der Waals surface area (Å²) in [5, 5.41) is 10.0. The van der Waals surface area contributed by atoms with Crippen LogP contribution in [0.5, 0.6) is 5.75 Å². The molecule has 0 aliphatic carbocycles. The first-order valence-corrected chi connectivity index (χ1v) is 5.22. The Bertz CT molecular complexity index is 540. The summed E-state index contributed by atoms with van der Waals surface area (Å²) in [7, 11) is 0. The van der Waals surface area contributed by atoms with Gasteiger partial charge in [0, 0.05) is 0 Å². The van der Waals surface area contributed by atoms with Crippen LogP contribution >= 0.6 is 0 Å². The molecule has 4 nitrogen and oxygen atoms in total. The Morgan fingerprint density at radius 1 is 1.41 bits per heavy atom. The van der Waals surface area contributed by atoms with E-state index in [0.29, 0.717) is 11.3 Å². The van der Waals surface area contributed by atoms with Crippen LogP contribution in [0, 0.1) is 6.92 Å². The molecule has 0 spiro atoms. The summed E-state index contributed by atoms with van der Waals surface area (Å²) >= 11 is 0. The lowest BCUT2D eigenvalue weighted by Crippen LogP contribution is -2.17. The highest BCUT2D eigenvalue weighted by Crippen LogP contribution is 2.32. The Labute approximate surface area is 98.5 Å². The molecule has 0 fully saturated rings. The first kappa shape index (κ1) is 11.4. The number of benzene rings is 1. The average Bonchev–Trinajstić information content (AvgIpc) is 2.38. The smallest absolute Gasteiger partial charge is 0.207 e. The SMILES string of the molecule is CC(=O)C1=C(O)c2cccc(C)c2OCC1=O. The monoisotopic (exact) mass is 232 g/mol. The number of aliphatic hydroxyl groups excluding tert-OH is 1. The third-order valence-electron chi connectivity index (χ3n) is 2.68. The van der Waals surface area contributed by atoms with Crippen molar-refractivity contribution in [2.24, 2.45) is 0 Å². The molecule has 1 aromatic carbocycles. The van der Waals surface area contributed by atoms with Crippen LogP contribution in [0.3, 0.4) is 0 Å². The molecular weight excluding hydrogens is 220 g/mol. The van der Waals surface area contributed by atoms with Crippen molar-refractivity contribution in [2.45, 2.75) is 13.8 Å². The first-order chi connectivity index (χ1) is 8.02. The van der Waals surface area contributed by atoms with E-state index < -0.39 is 11.6 Å². The molecule has 0 radical (unpaired) electrons. The van der Waals surface area contributed by atoms with Crippen molar-refractivity contribution < 1.29 is 19.4 Å². The van der Waals surface area contributed by atoms with Crippen LogP contribution < -0.4 is 4.74 Å². The lowest BCUT2D eigenvalue weighted by atomic mass is 10.0. The van der Waals surface area contributed by atoms with Crippen molar-refractivity contribution in [3.63, 3.8) is 0 Å². The Morgan fingerprint density at radius 2 is 2.12 bits per heavy atom. The van der Waals surface area contributed by atoms with Crippen LogP contribution in [-0.2, 0) is 9.59 Å². The van der Waals surface area contributed by atoms with Crippen LogP contribution in [0.15, 0.2) is 23.8 Å². The highest BCUT2D eigenvalue weighted by atomic mass is 16.5. The van der Waals surface area contributed by atoms with Crippen LogP contribution in [0.25, 0.3) is 5.76 Å². The van der Waals surface area contributed by atoms with Gasteiger partial charge in [0.25, 0.3) is 0 Å². The van der Waals surface area contributed by atoms with Gasteiger partial charge in [0.05, 0.1) is 5.56 Å². The zero-order chi connectivity index (χ0) is 12.6. The Hall–Kier alpha value is -2.10. The zero-order valence-corrected chi connectivity index (χ0v) is 9.61. The molecule has 0 saturated heterocycles. The van der Waals surface area contributed by atoms with Crippen molar-refractivity contribution in [3.05, 3.63) is 34.9 Å². The summed E-state index contributed by atoms with van der Waals surface area (Å²) < 4.78 is 5.34. The minimum atomic E-state index is -0.495. The van der Waals surface area contributed by atoms with Gasteiger partial charge in [-0.1, -0.05) is 12.1 Å². The molecule has 1 heterocycles. The molecule has 1 aromatic rings. The number of ketones is 2. The lowest BCUT2D eigenvalue weighted by molar-refractivity contribution is -0.121. The Morgan fingerprint density at radius 3 is 2.76 bits per heavy atom. The number of fused-ring (bicyclic) bond motifs is 1. The van der Waals surface area contributed by atoms with Crippen LogP contribution in [0.1, 0.15) is 18.1 Å². The van der Waals surface area contributed by atoms with E-state index in [1.165, 1.54) is 6.92 Å². The second-order valence-corrected chi connectivity index (χ2v) is 3.94. The van der Waals surface area contributed by atoms with Gasteiger partial charge in [0.2, 0.25) is 5.78 Å². The molecule has 0 amide bonds. The molecule has 1 N–H and O–H groups in total. The maximum atomic E-state index is 11.7. The molecule has 4 heteroatoms. The number of hydrogen-bond acceptors (Lipinski definition) is 4. The largest absolute Gasteiger partial charge is 0.506 e. The molecular formula is C13H12O4. The van der Waals surface area contributed by atoms with E-state index >= 15 is 0 Å². The number of aliphatic hydroxyl groups is 1. The summed E-state index contributed by atoms with van der Waals surface area (Å²) in [6.45, 7) is 2.84. The van der Waals surface area contributed by atoms with E-state index in [-0.39, 0.29) is 17.9 Å². The van der Waals surface area contributed by atoms with E-state index in [0.717, 1.165) is 5.56 Å². The van der Waals surface area contributed by atoms with Crippen molar-refractivity contribution in [2.75, 3.05) is 6.61 Å². The molecule has 0 atom stereocenters. The van der Waals surface area contributed by atoms with Crippen molar-refractivity contribution in [1.29, 1.82) is 0 Å². The van der Waals surface area contributed by atoms with E-state index in [1.807, 2.05) is 13.0 Å². The normalized spacial score (nSPS) is 15.1. The summed E-state index contributed by atoms with van der Waals surface area (Å²) in [6.07, 6.45) is 0. The highest BCUT2D eigenvalue weighted by molar-refractivity contribution is 6.24. The molecule has 17 heavy (non-hydrogen) atoms. The molecule has 0 bridgehead atoms. The number of carbonyl (C=O) groups is 2. The molecule has 0 unspecified atom stereocenters. The fourth-order valence-corrected chi connectivity index (χ4v) is 1.87. The fraction of sp³-hybridized carbons (Fsp3) is 0.231. The number of rotatable bonds is 1. The van der Waals surface area contributed by atoms with Gasteiger partial charge in [0.15, 0.2) is 12.4 Å². The number of Topliss-reactive ketones (excluding diaryl/α,β-unsaturated/α-hetero) is 2. The second-order valence-electron chi connectivity index (χ2n) is 3.94. The van der Waals surface area contributed by atoms with E-state index in [2.05, 4.69) is 0 Å². The Balaban J connectivity index is 2.71. The van der Waals surface area contributed by atoms with Gasteiger partial charge in [0.1, 0.15) is 17.1 Å². The van der Waals surface area contributed by atoms with E-state index in [4.69, 9.17) is 4.74 Å². The van der Waals surface area contributed by atoms with Gasteiger partial charge < -0.3 is 9.84 Å². The van der Waals surface area contributed by atoms with Gasteiger partial charge in [-0.05, 0) is 25.5 Å². The fourth-order valence-electron chi connectivity index (χ4n) is 1.87. The molecule has 1 aliphatic rings. The molecule has 88 valence electrons. The summed E-state index contributed by atoms with van der Waals surface area (Å²) in [5.74, 6) is -0.788. The van der Waals surface area contributed by atoms with E-state index in [9.17, 15) is 14.7 Å². The predicted octanol–water partition coefficient (Wildman–Crippen LogP) is 1.81. The number of carbonyl (C=O) groups excluding carboxylic acids is 2.